The van der Waals surface area contributed by atoms with Gasteiger partial charge in [0.25, 0.3) is 5.71 Å². The minimum absolute atomic E-state index is 0.0514. The van der Waals surface area contributed by atoms with Gasteiger partial charge in [-0.05, 0) is 6.92 Å². The predicted octanol–water partition coefficient (Wildman–Crippen LogP) is 0.330. The van der Waals surface area contributed by atoms with E-state index in [0.29, 0.717) is 18.1 Å². The fourth-order valence-electron chi connectivity index (χ4n) is 1.23. The van der Waals surface area contributed by atoms with E-state index in [4.69, 9.17) is 9.63 Å². The molecule has 14 heavy (non-hydrogen) atoms. The van der Waals surface area contributed by atoms with Crippen LogP contribution in [-0.4, -0.2) is 33.4 Å². The molecule has 0 fully saturated rings. The molecule has 0 radical (unpaired) electrons. The van der Waals surface area contributed by atoms with Crippen LogP contribution in [0.1, 0.15) is 5.69 Å². The molecule has 0 aliphatic rings. The Kier molecular flexibility index (Phi) is 2.28. The van der Waals surface area contributed by atoms with Gasteiger partial charge in [0.2, 0.25) is 0 Å². The van der Waals surface area contributed by atoms with Crippen LogP contribution in [0, 0.1) is 6.92 Å². The summed E-state index contributed by atoms with van der Waals surface area (Å²) in [4.78, 5) is 7.97. The lowest BCUT2D eigenvalue weighted by Crippen LogP contribution is -2.07. The van der Waals surface area contributed by atoms with Gasteiger partial charge in [0.1, 0.15) is 17.5 Å². The van der Waals surface area contributed by atoms with Gasteiger partial charge in [0.05, 0.1) is 12.3 Å². The summed E-state index contributed by atoms with van der Waals surface area (Å²) in [6, 6.07) is 0. The summed E-state index contributed by atoms with van der Waals surface area (Å²) < 4.78 is 4.97. The highest BCUT2D eigenvalue weighted by Gasteiger charge is 2.10. The van der Waals surface area contributed by atoms with E-state index in [1.165, 1.54) is 6.33 Å². The zero-order chi connectivity index (χ0) is 9.97. The van der Waals surface area contributed by atoms with Crippen molar-refractivity contribution in [3.8, 4) is 0 Å². The summed E-state index contributed by atoms with van der Waals surface area (Å²) in [6.45, 7) is 2.31. The number of nitrogens with one attached hydrogen (secondary N) is 1. The maximum atomic E-state index is 8.67. The largest absolute Gasteiger partial charge is 0.395 e. The van der Waals surface area contributed by atoms with Gasteiger partial charge >= 0.3 is 0 Å². The Morgan fingerprint density at radius 2 is 2.36 bits per heavy atom. The van der Waals surface area contributed by atoms with Gasteiger partial charge in [0.15, 0.2) is 0 Å². The second-order valence-electron chi connectivity index (χ2n) is 2.82. The summed E-state index contributed by atoms with van der Waals surface area (Å²) in [6.07, 6.45) is 1.40. The molecule has 2 rings (SSSR count). The lowest BCUT2D eigenvalue weighted by molar-refractivity contribution is 0.311. The lowest BCUT2D eigenvalue weighted by Gasteiger charge is -2.02. The molecule has 6 heteroatoms. The van der Waals surface area contributed by atoms with E-state index in [1.807, 2.05) is 6.92 Å². The maximum absolute atomic E-state index is 8.67. The number of aliphatic hydroxyl groups excluding tert-OH is 1. The number of aromatic nitrogens is 3. The molecular weight excluding hydrogens is 184 g/mol. The van der Waals surface area contributed by atoms with Crippen LogP contribution in [0.2, 0.25) is 0 Å². The van der Waals surface area contributed by atoms with Gasteiger partial charge in [-0.2, -0.15) is 4.98 Å². The number of anilines is 1. The Hall–Kier alpha value is -1.69. The second kappa shape index (κ2) is 3.59. The summed E-state index contributed by atoms with van der Waals surface area (Å²) in [5.74, 6) is 0.641. The molecule has 0 unspecified atom stereocenters. The molecule has 0 saturated carbocycles. The average molecular weight is 194 g/mol. The third kappa shape index (κ3) is 1.39. The smallest absolute Gasteiger partial charge is 0.263 e. The molecule has 2 heterocycles. The van der Waals surface area contributed by atoms with Crippen molar-refractivity contribution in [1.82, 2.24) is 15.1 Å². The lowest BCUT2D eigenvalue weighted by atomic mass is 10.3. The second-order valence-corrected chi connectivity index (χ2v) is 2.82. The third-order valence-corrected chi connectivity index (χ3v) is 1.85. The summed E-state index contributed by atoms with van der Waals surface area (Å²) in [5.41, 5.74) is 1.19. The molecule has 2 aromatic rings. The number of nitrogens with zero attached hydrogens (tertiary/aromatic N) is 3. The van der Waals surface area contributed by atoms with Crippen molar-refractivity contribution >= 4 is 16.9 Å². The number of aryl methyl sites for hydroxylation is 1. The first-order chi connectivity index (χ1) is 6.83. The van der Waals surface area contributed by atoms with Crippen molar-refractivity contribution in [2.45, 2.75) is 6.92 Å². The first-order valence-electron chi connectivity index (χ1n) is 4.24. The van der Waals surface area contributed by atoms with Crippen LogP contribution >= 0.6 is 0 Å². The van der Waals surface area contributed by atoms with E-state index in [0.717, 1.165) is 11.1 Å². The van der Waals surface area contributed by atoms with Crippen molar-refractivity contribution < 1.29 is 9.63 Å². The Bertz CT molecular complexity index is 440. The van der Waals surface area contributed by atoms with Crippen molar-refractivity contribution in [3.05, 3.63) is 12.0 Å². The highest BCUT2D eigenvalue weighted by Crippen LogP contribution is 2.21. The van der Waals surface area contributed by atoms with Crippen molar-refractivity contribution in [2.75, 3.05) is 18.5 Å². The van der Waals surface area contributed by atoms with Crippen LogP contribution in [0.5, 0.6) is 0 Å². The highest BCUT2D eigenvalue weighted by atomic mass is 16.5. The van der Waals surface area contributed by atoms with E-state index in [-0.39, 0.29) is 6.61 Å². The highest BCUT2D eigenvalue weighted by molar-refractivity contribution is 5.87. The Balaban J connectivity index is 2.46. The van der Waals surface area contributed by atoms with Gasteiger partial charge in [-0.15, -0.1) is 0 Å². The number of rotatable bonds is 3. The molecule has 2 aromatic heterocycles. The van der Waals surface area contributed by atoms with Crippen molar-refractivity contribution in [2.24, 2.45) is 0 Å². The third-order valence-electron chi connectivity index (χ3n) is 1.85. The van der Waals surface area contributed by atoms with Crippen LogP contribution in [-0.2, 0) is 0 Å². The van der Waals surface area contributed by atoms with Crippen molar-refractivity contribution in [1.29, 1.82) is 0 Å². The Morgan fingerprint density at radius 1 is 1.50 bits per heavy atom. The standard InChI is InChI=1S/C8H10N4O2/c1-5-6-7(9-2-3-13)10-4-11-8(6)14-12-5/h4,13H,2-3H2,1H3,(H,9,10,11). The van der Waals surface area contributed by atoms with Gasteiger partial charge in [0, 0.05) is 6.54 Å². The number of hydrogen-bond donors (Lipinski definition) is 2. The Morgan fingerprint density at radius 3 is 3.14 bits per heavy atom. The monoisotopic (exact) mass is 194 g/mol. The summed E-state index contributed by atoms with van der Waals surface area (Å²) in [7, 11) is 0. The molecule has 0 amide bonds. The predicted molar refractivity (Wildman–Crippen MR) is 49.9 cm³/mol. The van der Waals surface area contributed by atoms with Crippen molar-refractivity contribution in [3.63, 3.8) is 0 Å². The van der Waals surface area contributed by atoms with Gasteiger partial charge in [-0.1, -0.05) is 5.16 Å². The van der Waals surface area contributed by atoms with Crippen LogP contribution in [0.3, 0.4) is 0 Å². The molecule has 74 valence electrons. The topological polar surface area (TPSA) is 84.1 Å². The fourth-order valence-corrected chi connectivity index (χ4v) is 1.23. The molecular formula is C8H10N4O2. The van der Waals surface area contributed by atoms with E-state index in [9.17, 15) is 0 Å². The van der Waals surface area contributed by atoms with Gasteiger partial charge in [-0.3, -0.25) is 0 Å². The zero-order valence-corrected chi connectivity index (χ0v) is 7.69. The summed E-state index contributed by atoms with van der Waals surface area (Å²) in [5, 5.41) is 16.2. The zero-order valence-electron chi connectivity index (χ0n) is 7.69. The SMILES string of the molecule is Cc1noc2ncnc(NCCO)c12. The van der Waals surface area contributed by atoms with E-state index in [1.54, 1.807) is 0 Å². The normalized spacial score (nSPS) is 10.7. The molecule has 0 spiro atoms. The van der Waals surface area contributed by atoms with E-state index >= 15 is 0 Å². The first kappa shape index (κ1) is 8.89. The number of fused-ring (bicyclic) bond motifs is 1. The average Bonchev–Trinajstić information content (AvgIpc) is 2.58. The molecule has 0 aliphatic carbocycles. The number of aliphatic hydroxyl groups is 1. The maximum Gasteiger partial charge on any atom is 0.263 e. The first-order valence-corrected chi connectivity index (χ1v) is 4.24. The molecule has 0 aromatic carbocycles. The van der Waals surface area contributed by atoms with E-state index < -0.39 is 0 Å². The molecule has 6 nitrogen and oxygen atoms in total. The molecule has 0 atom stereocenters. The molecule has 2 N–H and O–H groups in total. The molecule has 0 bridgehead atoms. The van der Waals surface area contributed by atoms with Gasteiger partial charge < -0.3 is 14.9 Å². The minimum Gasteiger partial charge on any atom is -0.395 e. The molecule has 0 saturated heterocycles. The number of hydrogen-bond acceptors (Lipinski definition) is 6. The van der Waals surface area contributed by atoms with Crippen LogP contribution in [0.15, 0.2) is 10.9 Å². The summed E-state index contributed by atoms with van der Waals surface area (Å²) >= 11 is 0. The van der Waals surface area contributed by atoms with E-state index in [2.05, 4.69) is 20.4 Å². The van der Waals surface area contributed by atoms with Crippen LogP contribution in [0.25, 0.3) is 11.1 Å². The molecule has 0 aliphatic heterocycles. The fraction of sp³-hybridized carbons (Fsp3) is 0.375. The van der Waals surface area contributed by atoms with Crippen LogP contribution < -0.4 is 5.32 Å². The Labute approximate surface area is 80.0 Å². The quantitative estimate of drug-likeness (QED) is 0.732. The van der Waals surface area contributed by atoms with Crippen LogP contribution in [0.4, 0.5) is 5.82 Å². The van der Waals surface area contributed by atoms with Gasteiger partial charge in [-0.25, -0.2) is 4.98 Å². The minimum atomic E-state index is 0.0514.